The molecule has 1 fully saturated rings. The van der Waals surface area contributed by atoms with Crippen LogP contribution >= 0.6 is 27.7 Å². The zero-order valence-corrected chi connectivity index (χ0v) is 23.9. The van der Waals surface area contributed by atoms with Gasteiger partial charge in [-0.15, -0.1) is 0 Å². The normalized spacial score (nSPS) is 19.9. The molecule has 2 N–H and O–H groups in total. The summed E-state index contributed by atoms with van der Waals surface area (Å²) in [4.78, 5) is 35.7. The lowest BCUT2D eigenvalue weighted by Crippen LogP contribution is -2.42. The van der Waals surface area contributed by atoms with Gasteiger partial charge < -0.3 is 19.3 Å². The van der Waals surface area contributed by atoms with Crippen LogP contribution in [0.1, 0.15) is 41.2 Å². The third-order valence-electron chi connectivity index (χ3n) is 6.55. The Balaban J connectivity index is 1.48. The fourth-order valence-electron chi connectivity index (χ4n) is 4.35. The van der Waals surface area contributed by atoms with Crippen LogP contribution in [0.2, 0.25) is 0 Å². The van der Waals surface area contributed by atoms with E-state index < -0.39 is 17.5 Å². The zero-order valence-electron chi connectivity index (χ0n) is 21.5. The summed E-state index contributed by atoms with van der Waals surface area (Å²) >= 11 is 4.41. The van der Waals surface area contributed by atoms with Crippen LogP contribution in [-0.4, -0.2) is 41.0 Å². The lowest BCUT2D eigenvalue weighted by Gasteiger charge is -2.38. The second kappa shape index (κ2) is 11.3. The van der Waals surface area contributed by atoms with Crippen molar-refractivity contribution in [1.29, 1.82) is 0 Å². The molecule has 2 aliphatic heterocycles. The van der Waals surface area contributed by atoms with Crippen LogP contribution in [0.15, 0.2) is 39.7 Å². The minimum absolute atomic E-state index is 0.233. The molecule has 0 saturated carbocycles. The van der Waals surface area contributed by atoms with E-state index in [1.807, 2.05) is 39.8 Å². The number of nitrogens with one attached hydrogen (secondary N) is 1. The fraction of sp³-hybridized carbons (Fsp3) is 0.321. The minimum Gasteiger partial charge on any atom is -0.488 e. The summed E-state index contributed by atoms with van der Waals surface area (Å²) in [5, 5.41) is 10.8. The fourth-order valence-corrected chi connectivity index (χ4v) is 5.54. The molecule has 200 valence electrons. The average molecular weight is 603 g/mol. The standard InChI is InChI=1S/C28H28BrNO7S/c1-15-16(2)25-19(17(3)24(15)36-23(32)6-5-11-31)9-10-28(4,37-25)14-35-21-8-7-18(12-20(21)29)13-22-26(33)30-27(34)38-22/h5-8,12-13,31H,9-11,14H2,1-4H3,(H,30,33,34). The maximum Gasteiger partial charge on any atom is 0.335 e. The predicted molar refractivity (Wildman–Crippen MR) is 149 cm³/mol. The van der Waals surface area contributed by atoms with E-state index in [1.54, 1.807) is 12.1 Å². The SMILES string of the molecule is Cc1c(C)c2c(c(C)c1OC(=O)C=CCO)CCC(C)(COc1ccc(C=C3SC(=O)NC3=O)cc1Br)O2. The summed E-state index contributed by atoms with van der Waals surface area (Å²) < 4.78 is 19.0. The Kier molecular flexibility index (Phi) is 8.34. The van der Waals surface area contributed by atoms with Crippen molar-refractivity contribution >= 4 is 50.9 Å². The predicted octanol–water partition coefficient (Wildman–Crippen LogP) is 5.31. The number of carbonyl (C=O) groups is 3. The summed E-state index contributed by atoms with van der Waals surface area (Å²) in [5.74, 6) is 1.000. The van der Waals surface area contributed by atoms with Gasteiger partial charge in [0.1, 0.15) is 29.5 Å². The van der Waals surface area contributed by atoms with Crippen molar-refractivity contribution in [2.75, 3.05) is 13.2 Å². The van der Waals surface area contributed by atoms with Gasteiger partial charge in [0.25, 0.3) is 11.1 Å². The highest BCUT2D eigenvalue weighted by atomic mass is 79.9. The first-order valence-electron chi connectivity index (χ1n) is 12.0. The molecule has 2 aromatic carbocycles. The topological polar surface area (TPSA) is 111 Å². The van der Waals surface area contributed by atoms with Crippen molar-refractivity contribution in [2.24, 2.45) is 0 Å². The molecule has 2 aliphatic rings. The third-order valence-corrected chi connectivity index (χ3v) is 7.98. The van der Waals surface area contributed by atoms with E-state index in [2.05, 4.69) is 21.2 Å². The van der Waals surface area contributed by atoms with Gasteiger partial charge in [-0.05, 0) is 109 Å². The van der Waals surface area contributed by atoms with E-state index in [4.69, 9.17) is 19.3 Å². The second-order valence-corrected chi connectivity index (χ2v) is 11.3. The van der Waals surface area contributed by atoms with Gasteiger partial charge in [-0.2, -0.15) is 0 Å². The molecule has 0 spiro atoms. The van der Waals surface area contributed by atoms with E-state index in [0.717, 1.165) is 51.7 Å². The van der Waals surface area contributed by atoms with Gasteiger partial charge in [-0.25, -0.2) is 4.79 Å². The molecule has 0 aromatic heterocycles. The molecule has 38 heavy (non-hydrogen) atoms. The first-order chi connectivity index (χ1) is 18.0. The van der Waals surface area contributed by atoms with Gasteiger partial charge in [0.2, 0.25) is 0 Å². The molecular weight excluding hydrogens is 574 g/mol. The number of ether oxygens (including phenoxy) is 3. The number of fused-ring (bicyclic) bond motifs is 1. The van der Waals surface area contributed by atoms with Crippen molar-refractivity contribution in [1.82, 2.24) is 5.32 Å². The van der Waals surface area contributed by atoms with E-state index >= 15 is 0 Å². The number of aliphatic hydroxyl groups is 1. The number of esters is 1. The number of thioether (sulfide) groups is 1. The highest BCUT2D eigenvalue weighted by Gasteiger charge is 2.36. The highest BCUT2D eigenvalue weighted by Crippen LogP contribution is 2.44. The van der Waals surface area contributed by atoms with Crippen LogP contribution < -0.4 is 19.5 Å². The molecule has 0 bridgehead atoms. The van der Waals surface area contributed by atoms with Crippen LogP contribution in [0.5, 0.6) is 17.2 Å². The quantitative estimate of drug-likeness (QED) is 0.249. The summed E-state index contributed by atoms with van der Waals surface area (Å²) in [5.41, 5.74) is 3.76. The molecule has 1 atom stereocenters. The molecule has 2 aromatic rings. The monoisotopic (exact) mass is 601 g/mol. The number of carbonyl (C=O) groups excluding carboxylic acids is 3. The van der Waals surface area contributed by atoms with Crippen LogP contribution in [-0.2, 0) is 16.0 Å². The maximum atomic E-state index is 12.1. The number of rotatable bonds is 7. The Bertz CT molecular complexity index is 1380. The van der Waals surface area contributed by atoms with Gasteiger partial charge in [0, 0.05) is 11.6 Å². The number of halogens is 1. The smallest absolute Gasteiger partial charge is 0.335 e. The molecule has 0 aliphatic carbocycles. The van der Waals surface area contributed by atoms with E-state index in [0.29, 0.717) is 33.9 Å². The van der Waals surface area contributed by atoms with Gasteiger partial charge in [-0.3, -0.25) is 14.9 Å². The Morgan fingerprint density at radius 3 is 2.66 bits per heavy atom. The first-order valence-corrected chi connectivity index (χ1v) is 13.6. The summed E-state index contributed by atoms with van der Waals surface area (Å²) in [6.07, 6.45) is 5.63. The third kappa shape index (κ3) is 5.98. The van der Waals surface area contributed by atoms with Crippen LogP contribution in [0.3, 0.4) is 0 Å². The molecule has 1 saturated heterocycles. The van der Waals surface area contributed by atoms with Crippen molar-refractivity contribution < 1.29 is 33.7 Å². The largest absolute Gasteiger partial charge is 0.488 e. The Labute approximate surface area is 233 Å². The lowest BCUT2D eigenvalue weighted by molar-refractivity contribution is -0.129. The summed E-state index contributed by atoms with van der Waals surface area (Å²) in [6.45, 7) is 7.84. The Hall–Kier alpha value is -3.08. The summed E-state index contributed by atoms with van der Waals surface area (Å²) in [6, 6.07) is 5.45. The number of amides is 2. The number of benzene rings is 2. The first kappa shape index (κ1) is 27.9. The van der Waals surface area contributed by atoms with Gasteiger partial charge >= 0.3 is 5.97 Å². The zero-order chi connectivity index (χ0) is 27.6. The molecule has 1 unspecified atom stereocenters. The molecule has 4 rings (SSSR count). The Morgan fingerprint density at radius 2 is 2.00 bits per heavy atom. The average Bonchev–Trinajstić information content (AvgIpc) is 3.19. The van der Waals surface area contributed by atoms with Crippen LogP contribution in [0.4, 0.5) is 4.79 Å². The van der Waals surface area contributed by atoms with Crippen LogP contribution in [0.25, 0.3) is 6.08 Å². The molecule has 8 nitrogen and oxygen atoms in total. The molecule has 2 heterocycles. The van der Waals surface area contributed by atoms with Gasteiger partial charge in [0.05, 0.1) is 16.0 Å². The van der Waals surface area contributed by atoms with E-state index in [-0.39, 0.29) is 11.8 Å². The maximum absolute atomic E-state index is 12.1. The highest BCUT2D eigenvalue weighted by molar-refractivity contribution is 9.10. The number of hydrogen-bond acceptors (Lipinski definition) is 8. The lowest BCUT2D eigenvalue weighted by atomic mass is 9.87. The van der Waals surface area contributed by atoms with Crippen molar-refractivity contribution in [3.8, 4) is 17.2 Å². The molecule has 2 amide bonds. The molecular formula is C28H28BrNO7S. The Morgan fingerprint density at radius 1 is 1.24 bits per heavy atom. The van der Waals surface area contributed by atoms with E-state index in [1.165, 1.54) is 12.2 Å². The number of aliphatic hydroxyl groups excluding tert-OH is 1. The van der Waals surface area contributed by atoms with Gasteiger partial charge in [-0.1, -0.05) is 12.1 Å². The van der Waals surface area contributed by atoms with Gasteiger partial charge in [0.15, 0.2) is 0 Å². The minimum atomic E-state index is -0.586. The number of hydrogen-bond donors (Lipinski definition) is 2. The van der Waals surface area contributed by atoms with Crippen LogP contribution in [0, 0.1) is 20.8 Å². The summed E-state index contributed by atoms with van der Waals surface area (Å²) in [7, 11) is 0. The molecule has 0 radical (unpaired) electrons. The van der Waals surface area contributed by atoms with Crippen molar-refractivity contribution in [3.05, 3.63) is 67.5 Å². The van der Waals surface area contributed by atoms with E-state index in [9.17, 15) is 14.4 Å². The van der Waals surface area contributed by atoms with Crippen molar-refractivity contribution in [2.45, 2.75) is 46.1 Å². The number of imide groups is 1. The van der Waals surface area contributed by atoms with Crippen molar-refractivity contribution in [3.63, 3.8) is 0 Å². The molecule has 10 heteroatoms. The second-order valence-electron chi connectivity index (χ2n) is 9.40.